The van der Waals surface area contributed by atoms with Crippen LogP contribution in [-0.2, 0) is 25.2 Å². The highest BCUT2D eigenvalue weighted by molar-refractivity contribution is 6.14. The average molecular weight is 545 g/mol. The number of anilines is 2. The Bertz CT molecular complexity index is 1440. The zero-order valence-electron chi connectivity index (χ0n) is 22.7. The van der Waals surface area contributed by atoms with E-state index in [-0.39, 0.29) is 35.0 Å². The number of nitrogens with zero attached hydrogens (tertiary/aromatic N) is 5. The summed E-state index contributed by atoms with van der Waals surface area (Å²) < 4.78 is 0. The Hall–Kier alpha value is -3.86. The number of nitrogens with one attached hydrogen (secondary N) is 1. The van der Waals surface area contributed by atoms with Crippen LogP contribution in [0, 0.1) is 10.1 Å². The molecule has 2 aromatic rings. The molecular weight excluding hydrogens is 512 g/mol. The summed E-state index contributed by atoms with van der Waals surface area (Å²) in [6.45, 7) is 7.45. The second-order valence-electron chi connectivity index (χ2n) is 12.6. The van der Waals surface area contributed by atoms with Gasteiger partial charge in [-0.3, -0.25) is 29.5 Å². The lowest BCUT2D eigenvalue weighted by Crippen LogP contribution is -2.78. The molecule has 0 radical (unpaired) electrons. The minimum absolute atomic E-state index is 0.0448. The third kappa shape index (κ3) is 3.39. The summed E-state index contributed by atoms with van der Waals surface area (Å²) >= 11 is 0. The van der Waals surface area contributed by atoms with Crippen LogP contribution < -0.4 is 15.1 Å². The van der Waals surface area contributed by atoms with Crippen molar-refractivity contribution in [2.45, 2.75) is 68.4 Å². The summed E-state index contributed by atoms with van der Waals surface area (Å²) in [4.78, 5) is 59.1. The molecule has 3 aliphatic heterocycles. The van der Waals surface area contributed by atoms with Gasteiger partial charge < -0.3 is 15.0 Å². The molecule has 3 aliphatic carbocycles. The maximum Gasteiger partial charge on any atom is 0.363 e. The van der Waals surface area contributed by atoms with Gasteiger partial charge >= 0.3 is 5.82 Å². The Kier molecular flexibility index (Phi) is 5.23. The van der Waals surface area contributed by atoms with E-state index in [1.807, 2.05) is 26.0 Å². The lowest BCUT2D eigenvalue weighted by Gasteiger charge is -2.75. The molecule has 3 amide bonds. The van der Waals surface area contributed by atoms with E-state index in [9.17, 15) is 24.5 Å². The van der Waals surface area contributed by atoms with E-state index < -0.39 is 22.3 Å². The van der Waals surface area contributed by atoms with Gasteiger partial charge in [-0.05, 0) is 72.7 Å². The number of aromatic nitrogens is 1. The van der Waals surface area contributed by atoms with Crippen molar-refractivity contribution >= 4 is 34.9 Å². The lowest BCUT2D eigenvalue weighted by molar-refractivity contribution is -0.389. The zero-order valence-corrected chi connectivity index (χ0v) is 22.7. The molecule has 40 heavy (non-hydrogen) atoms. The number of nitro groups is 1. The van der Waals surface area contributed by atoms with Crippen LogP contribution in [0.4, 0.5) is 17.2 Å². The summed E-state index contributed by atoms with van der Waals surface area (Å²) in [5.41, 5.74) is 3.46. The molecule has 1 unspecified atom stereocenters. The van der Waals surface area contributed by atoms with Gasteiger partial charge in [0.2, 0.25) is 17.7 Å². The molecule has 1 aromatic heterocycles. The predicted molar refractivity (Wildman–Crippen MR) is 146 cm³/mol. The first-order valence-corrected chi connectivity index (χ1v) is 14.0. The fraction of sp³-hybridized carbons (Fsp3) is 0.517. The molecule has 5 fully saturated rings. The van der Waals surface area contributed by atoms with Crippen LogP contribution in [0.3, 0.4) is 0 Å². The van der Waals surface area contributed by atoms with Gasteiger partial charge in [-0.15, -0.1) is 0 Å². The minimum atomic E-state index is -0.749. The van der Waals surface area contributed by atoms with Gasteiger partial charge in [0, 0.05) is 55.3 Å². The number of amides is 3. The van der Waals surface area contributed by atoms with E-state index in [0.29, 0.717) is 6.42 Å². The molecule has 4 heterocycles. The number of rotatable bonds is 5. The van der Waals surface area contributed by atoms with Crippen LogP contribution in [0.1, 0.15) is 57.1 Å². The van der Waals surface area contributed by atoms with Gasteiger partial charge in [0.25, 0.3) is 0 Å². The van der Waals surface area contributed by atoms with Crippen molar-refractivity contribution in [2.75, 3.05) is 36.0 Å². The van der Waals surface area contributed by atoms with Crippen LogP contribution >= 0.6 is 0 Å². The topological polar surface area (TPSA) is 129 Å². The number of carbonyl (C=O) groups is 3. The molecule has 6 aliphatic rings. The number of piperidine rings is 1. The third-order valence-electron chi connectivity index (χ3n) is 10.0. The van der Waals surface area contributed by atoms with Crippen LogP contribution in [0.5, 0.6) is 0 Å². The molecule has 1 atom stereocenters. The van der Waals surface area contributed by atoms with Crippen molar-refractivity contribution < 1.29 is 19.3 Å². The van der Waals surface area contributed by atoms with Gasteiger partial charge in [-0.25, -0.2) is 0 Å². The highest BCUT2D eigenvalue weighted by Crippen LogP contribution is 2.72. The third-order valence-corrected chi connectivity index (χ3v) is 10.0. The standard InChI is InChI=1S/C29H32N6O5/c1-27(2)24-19(4-3-5-20(24)34(26(27)38)21-7-9-23(36)31-25(21)37)28-15-29(16-28,17-28)33-12-10-32(11-13-33)18-6-8-22(30-14-18)35(39)40/h3-6,8,14,21H,7,9-13,15-17H2,1-2H3,(H,31,36,37). The molecule has 1 aromatic carbocycles. The van der Waals surface area contributed by atoms with E-state index in [2.05, 4.69) is 26.2 Å². The van der Waals surface area contributed by atoms with Crippen molar-refractivity contribution in [1.82, 2.24) is 15.2 Å². The van der Waals surface area contributed by atoms with E-state index in [1.54, 1.807) is 17.2 Å². The summed E-state index contributed by atoms with van der Waals surface area (Å²) in [6, 6.07) is 8.69. The van der Waals surface area contributed by atoms with Crippen LogP contribution in [0.2, 0.25) is 0 Å². The number of piperazine rings is 1. The maximum absolute atomic E-state index is 13.7. The van der Waals surface area contributed by atoms with E-state index >= 15 is 0 Å². The molecule has 8 rings (SSSR count). The van der Waals surface area contributed by atoms with Crippen molar-refractivity contribution in [3.05, 3.63) is 57.8 Å². The van der Waals surface area contributed by atoms with Gasteiger partial charge in [-0.2, -0.15) is 0 Å². The van der Waals surface area contributed by atoms with E-state index in [1.165, 1.54) is 11.6 Å². The number of imide groups is 1. The largest absolute Gasteiger partial charge is 0.366 e. The highest BCUT2D eigenvalue weighted by atomic mass is 16.6. The molecule has 2 bridgehead atoms. The van der Waals surface area contributed by atoms with Crippen molar-refractivity contribution in [3.63, 3.8) is 0 Å². The predicted octanol–water partition coefficient (Wildman–Crippen LogP) is 2.42. The lowest BCUT2D eigenvalue weighted by atomic mass is 9.36. The van der Waals surface area contributed by atoms with Gasteiger partial charge in [0.1, 0.15) is 6.04 Å². The quantitative estimate of drug-likeness (QED) is 0.345. The average Bonchev–Trinajstić information content (AvgIpc) is 3.09. The number of hydrogen-bond acceptors (Lipinski definition) is 8. The minimum Gasteiger partial charge on any atom is -0.366 e. The molecule has 2 saturated heterocycles. The van der Waals surface area contributed by atoms with Crippen LogP contribution in [0.15, 0.2) is 36.5 Å². The first-order chi connectivity index (χ1) is 19.0. The van der Waals surface area contributed by atoms with E-state index in [0.717, 1.165) is 62.4 Å². The van der Waals surface area contributed by atoms with Crippen LogP contribution in [-0.4, -0.2) is 70.3 Å². The first kappa shape index (κ1) is 25.1. The van der Waals surface area contributed by atoms with E-state index in [4.69, 9.17) is 0 Å². The Balaban J connectivity index is 1.07. The highest BCUT2D eigenvalue weighted by Gasteiger charge is 2.71. The Morgan fingerprint density at radius 1 is 1.02 bits per heavy atom. The normalized spacial score (nSPS) is 30.9. The van der Waals surface area contributed by atoms with Crippen molar-refractivity contribution in [2.24, 2.45) is 0 Å². The van der Waals surface area contributed by atoms with Gasteiger partial charge in [0.05, 0.1) is 11.1 Å². The Morgan fingerprint density at radius 3 is 2.38 bits per heavy atom. The van der Waals surface area contributed by atoms with Crippen molar-refractivity contribution in [1.29, 1.82) is 0 Å². The number of carbonyl (C=O) groups excluding carboxylic acids is 3. The molecular formula is C29H32N6O5. The van der Waals surface area contributed by atoms with Crippen LogP contribution in [0.25, 0.3) is 0 Å². The molecule has 3 saturated carbocycles. The smallest absolute Gasteiger partial charge is 0.363 e. The number of pyridine rings is 1. The molecule has 208 valence electrons. The Labute approximate surface area is 231 Å². The summed E-state index contributed by atoms with van der Waals surface area (Å²) in [5, 5.41) is 13.3. The fourth-order valence-corrected chi connectivity index (χ4v) is 8.06. The molecule has 0 spiro atoms. The zero-order chi connectivity index (χ0) is 28.0. The SMILES string of the molecule is CC1(C)C(=O)N(C2CCC(=O)NC2=O)c2cccc(C34CC(N5CCN(c6ccc([N+](=O)[O-])nc6)CC5)(C3)C4)c21. The Morgan fingerprint density at radius 2 is 1.75 bits per heavy atom. The second-order valence-corrected chi connectivity index (χ2v) is 12.6. The maximum atomic E-state index is 13.7. The summed E-state index contributed by atoms with van der Waals surface area (Å²) in [5.74, 6) is -0.904. The molecule has 1 N–H and O–H groups in total. The fourth-order valence-electron chi connectivity index (χ4n) is 8.06. The monoisotopic (exact) mass is 544 g/mol. The number of fused-ring (bicyclic) bond motifs is 1. The van der Waals surface area contributed by atoms with Crippen molar-refractivity contribution in [3.8, 4) is 0 Å². The van der Waals surface area contributed by atoms with Gasteiger partial charge in [0.15, 0.2) is 6.20 Å². The first-order valence-electron chi connectivity index (χ1n) is 14.0. The number of benzene rings is 1. The number of hydrogen-bond donors (Lipinski definition) is 1. The summed E-state index contributed by atoms with van der Waals surface area (Å²) in [7, 11) is 0. The van der Waals surface area contributed by atoms with Gasteiger partial charge in [-0.1, -0.05) is 12.1 Å². The second kappa shape index (κ2) is 8.33. The summed E-state index contributed by atoms with van der Waals surface area (Å²) in [6.07, 6.45) is 5.32. The molecule has 11 heteroatoms. The molecule has 11 nitrogen and oxygen atoms in total.